The highest BCUT2D eigenvalue weighted by Crippen LogP contribution is 2.21. The number of aliphatic hydroxyl groups excluding tert-OH is 1. The molecule has 1 aromatic carbocycles. The van der Waals surface area contributed by atoms with Gasteiger partial charge in [-0.15, -0.1) is 11.8 Å². The quantitative estimate of drug-likeness (QED) is 0.728. The first-order chi connectivity index (χ1) is 10.6. The topological polar surface area (TPSA) is 61.4 Å². The first kappa shape index (κ1) is 17.2. The number of amides is 2. The van der Waals surface area contributed by atoms with Gasteiger partial charge in [-0.25, -0.2) is 4.79 Å². The van der Waals surface area contributed by atoms with Gasteiger partial charge >= 0.3 is 6.03 Å². The molecule has 1 aromatic rings. The minimum absolute atomic E-state index is 0.0187. The Morgan fingerprint density at radius 1 is 1.27 bits per heavy atom. The summed E-state index contributed by atoms with van der Waals surface area (Å²) < 4.78 is 0. The largest absolute Gasteiger partial charge is 0.393 e. The van der Waals surface area contributed by atoms with Crippen molar-refractivity contribution in [3.8, 4) is 0 Å². The number of nitrogens with one attached hydrogen (secondary N) is 2. The molecule has 1 aliphatic rings. The number of carbonyl (C=O) groups is 1. The summed E-state index contributed by atoms with van der Waals surface area (Å²) in [6, 6.07) is 8.37. The molecule has 1 fully saturated rings. The number of thioether (sulfide) groups is 1. The Labute approximate surface area is 137 Å². The fourth-order valence-electron chi connectivity index (χ4n) is 2.75. The van der Waals surface area contributed by atoms with E-state index in [2.05, 4.69) is 41.8 Å². The van der Waals surface area contributed by atoms with Crippen molar-refractivity contribution in [1.29, 1.82) is 0 Å². The average Bonchev–Trinajstić information content (AvgIpc) is 2.50. The van der Waals surface area contributed by atoms with E-state index in [0.29, 0.717) is 0 Å². The van der Waals surface area contributed by atoms with E-state index in [1.54, 1.807) is 0 Å². The molecule has 2 rings (SSSR count). The lowest BCUT2D eigenvalue weighted by molar-refractivity contribution is 0.117. The summed E-state index contributed by atoms with van der Waals surface area (Å²) >= 11 is 1.81. The van der Waals surface area contributed by atoms with Gasteiger partial charge in [-0.05, 0) is 56.1 Å². The van der Waals surface area contributed by atoms with Crippen molar-refractivity contribution in [2.24, 2.45) is 0 Å². The van der Waals surface area contributed by atoms with Gasteiger partial charge in [0.2, 0.25) is 0 Å². The van der Waals surface area contributed by atoms with E-state index in [4.69, 9.17) is 0 Å². The molecular weight excluding hydrogens is 296 g/mol. The van der Waals surface area contributed by atoms with Gasteiger partial charge in [0.05, 0.1) is 12.1 Å². The van der Waals surface area contributed by atoms with Gasteiger partial charge in [0.15, 0.2) is 0 Å². The highest BCUT2D eigenvalue weighted by atomic mass is 32.2. The molecule has 2 amide bonds. The number of rotatable bonds is 5. The summed E-state index contributed by atoms with van der Waals surface area (Å²) in [6.07, 6.45) is 3.06. The molecule has 5 heteroatoms. The van der Waals surface area contributed by atoms with Crippen molar-refractivity contribution in [2.45, 2.75) is 62.6 Å². The molecule has 0 unspecified atom stereocenters. The zero-order chi connectivity index (χ0) is 15.9. The van der Waals surface area contributed by atoms with E-state index in [1.165, 1.54) is 4.90 Å². The molecule has 0 bridgehead atoms. The number of carbonyl (C=O) groups excluding carboxylic acids is 1. The van der Waals surface area contributed by atoms with Crippen LogP contribution in [0.5, 0.6) is 0 Å². The predicted octanol–water partition coefficient (Wildman–Crippen LogP) is 3.46. The molecule has 22 heavy (non-hydrogen) atoms. The zero-order valence-electron chi connectivity index (χ0n) is 13.3. The molecule has 0 saturated heterocycles. The van der Waals surface area contributed by atoms with Crippen LogP contribution in [0, 0.1) is 0 Å². The number of hydrogen-bond acceptors (Lipinski definition) is 3. The van der Waals surface area contributed by atoms with Crippen LogP contribution in [0.2, 0.25) is 0 Å². The van der Waals surface area contributed by atoms with Gasteiger partial charge < -0.3 is 15.7 Å². The fourth-order valence-corrected chi connectivity index (χ4v) is 3.41. The summed E-state index contributed by atoms with van der Waals surface area (Å²) in [6.45, 7) is 4.13. The Bertz CT molecular complexity index is 470. The van der Waals surface area contributed by atoms with Crippen LogP contribution in [0.15, 0.2) is 29.2 Å². The molecule has 3 N–H and O–H groups in total. The molecule has 0 spiro atoms. The first-order valence-electron chi connectivity index (χ1n) is 8.06. The van der Waals surface area contributed by atoms with Crippen LogP contribution in [0.1, 0.15) is 51.1 Å². The fraction of sp³-hybridized carbons (Fsp3) is 0.588. The van der Waals surface area contributed by atoms with E-state index in [1.807, 2.05) is 18.7 Å². The Balaban J connectivity index is 1.80. The molecule has 1 atom stereocenters. The molecule has 122 valence electrons. The summed E-state index contributed by atoms with van der Waals surface area (Å²) in [7, 11) is 0. The van der Waals surface area contributed by atoms with Crippen LogP contribution in [0.3, 0.4) is 0 Å². The Morgan fingerprint density at radius 2 is 1.91 bits per heavy atom. The van der Waals surface area contributed by atoms with Gasteiger partial charge in [-0.1, -0.05) is 19.1 Å². The third-order valence-electron chi connectivity index (χ3n) is 4.07. The second kappa shape index (κ2) is 8.44. The van der Waals surface area contributed by atoms with Crippen LogP contribution in [0.25, 0.3) is 0 Å². The molecule has 1 saturated carbocycles. The summed E-state index contributed by atoms with van der Waals surface area (Å²) in [5, 5.41) is 15.5. The number of aliphatic hydroxyl groups is 1. The lowest BCUT2D eigenvalue weighted by Crippen LogP contribution is -2.44. The third-order valence-corrected chi connectivity index (χ3v) is 4.96. The van der Waals surface area contributed by atoms with Crippen molar-refractivity contribution in [1.82, 2.24) is 10.6 Å². The lowest BCUT2D eigenvalue weighted by atomic mass is 9.93. The van der Waals surface area contributed by atoms with Crippen LogP contribution < -0.4 is 10.6 Å². The van der Waals surface area contributed by atoms with E-state index in [9.17, 15) is 9.90 Å². The second-order valence-corrected chi connectivity index (χ2v) is 7.18. The molecule has 4 nitrogen and oxygen atoms in total. The Morgan fingerprint density at radius 3 is 2.50 bits per heavy atom. The molecular formula is C17H26N2O2S. The van der Waals surface area contributed by atoms with Crippen LogP contribution in [0.4, 0.5) is 4.79 Å². The van der Waals surface area contributed by atoms with E-state index < -0.39 is 0 Å². The van der Waals surface area contributed by atoms with Crippen LogP contribution >= 0.6 is 11.8 Å². The number of urea groups is 1. The number of hydrogen-bond donors (Lipinski definition) is 3. The maximum atomic E-state index is 12.1. The van der Waals surface area contributed by atoms with Gasteiger partial charge in [-0.3, -0.25) is 0 Å². The zero-order valence-corrected chi connectivity index (χ0v) is 14.2. The maximum Gasteiger partial charge on any atom is 0.315 e. The van der Waals surface area contributed by atoms with Crippen LogP contribution in [-0.4, -0.2) is 29.0 Å². The SMILES string of the molecule is CCSc1ccc([C@H](C)NC(=O)NC2CCC(O)CC2)cc1. The smallest absolute Gasteiger partial charge is 0.315 e. The average molecular weight is 322 g/mol. The van der Waals surface area contributed by atoms with Gasteiger partial charge in [0.25, 0.3) is 0 Å². The molecule has 0 aromatic heterocycles. The first-order valence-corrected chi connectivity index (χ1v) is 9.05. The van der Waals surface area contributed by atoms with E-state index >= 15 is 0 Å². The standard InChI is InChI=1S/C17H26N2O2S/c1-3-22-16-10-4-13(5-11-16)12(2)18-17(21)19-14-6-8-15(20)9-7-14/h4-5,10-12,14-15,20H,3,6-9H2,1-2H3,(H2,18,19,21)/t12-,14?,15?/m0/s1. The van der Waals surface area contributed by atoms with E-state index in [0.717, 1.165) is 37.0 Å². The number of benzene rings is 1. The monoisotopic (exact) mass is 322 g/mol. The summed E-state index contributed by atoms with van der Waals surface area (Å²) in [5.74, 6) is 1.06. The lowest BCUT2D eigenvalue weighted by Gasteiger charge is -2.27. The van der Waals surface area contributed by atoms with Crippen molar-refractivity contribution >= 4 is 17.8 Å². The summed E-state index contributed by atoms with van der Waals surface area (Å²) in [5.41, 5.74) is 1.11. The molecule has 0 heterocycles. The highest BCUT2D eigenvalue weighted by molar-refractivity contribution is 7.99. The molecule has 0 radical (unpaired) electrons. The maximum absolute atomic E-state index is 12.1. The summed E-state index contributed by atoms with van der Waals surface area (Å²) in [4.78, 5) is 13.3. The Kier molecular flexibility index (Phi) is 6.58. The van der Waals surface area contributed by atoms with E-state index in [-0.39, 0.29) is 24.2 Å². The molecule has 1 aliphatic carbocycles. The van der Waals surface area contributed by atoms with Crippen molar-refractivity contribution < 1.29 is 9.90 Å². The Hall–Kier alpha value is -1.20. The van der Waals surface area contributed by atoms with Gasteiger partial charge in [-0.2, -0.15) is 0 Å². The second-order valence-electron chi connectivity index (χ2n) is 5.85. The predicted molar refractivity (Wildman–Crippen MR) is 91.2 cm³/mol. The van der Waals surface area contributed by atoms with Gasteiger partial charge in [0.1, 0.15) is 0 Å². The van der Waals surface area contributed by atoms with Crippen LogP contribution in [-0.2, 0) is 0 Å². The van der Waals surface area contributed by atoms with Crippen molar-refractivity contribution in [3.63, 3.8) is 0 Å². The molecule has 0 aliphatic heterocycles. The minimum Gasteiger partial charge on any atom is -0.393 e. The van der Waals surface area contributed by atoms with Crippen molar-refractivity contribution in [2.75, 3.05) is 5.75 Å². The van der Waals surface area contributed by atoms with Gasteiger partial charge in [0, 0.05) is 10.9 Å². The van der Waals surface area contributed by atoms with Crippen molar-refractivity contribution in [3.05, 3.63) is 29.8 Å². The minimum atomic E-state index is -0.195. The highest BCUT2D eigenvalue weighted by Gasteiger charge is 2.21. The normalized spacial score (nSPS) is 22.9. The third kappa shape index (κ3) is 5.21.